The lowest BCUT2D eigenvalue weighted by atomic mass is 9.66. The lowest BCUT2D eigenvalue weighted by Crippen LogP contribution is -2.40. The average Bonchev–Trinajstić information content (AvgIpc) is 3.01. The van der Waals surface area contributed by atoms with Gasteiger partial charge in [-0.15, -0.1) is 0 Å². The monoisotopic (exact) mass is 451 g/mol. The summed E-state index contributed by atoms with van der Waals surface area (Å²) in [6.45, 7) is 6.69. The van der Waals surface area contributed by atoms with E-state index in [0.717, 1.165) is 32.2 Å². The molecular weight excluding hydrogens is 418 g/mol. The van der Waals surface area contributed by atoms with Crippen molar-refractivity contribution in [1.29, 1.82) is 0 Å². The highest BCUT2D eigenvalue weighted by Gasteiger charge is 2.50. The molecule has 2 atom stereocenters. The second kappa shape index (κ2) is 8.88. The Labute approximate surface area is 202 Å². The molecule has 5 rings (SSSR count). The van der Waals surface area contributed by atoms with Gasteiger partial charge in [-0.3, -0.25) is 0 Å². The van der Waals surface area contributed by atoms with Gasteiger partial charge in [0.2, 0.25) is 0 Å². The van der Waals surface area contributed by atoms with E-state index in [1.807, 2.05) is 0 Å². The van der Waals surface area contributed by atoms with E-state index < -0.39 is 0 Å². The van der Waals surface area contributed by atoms with Gasteiger partial charge >= 0.3 is 5.97 Å². The Bertz CT molecular complexity index is 1250. The molecule has 3 aromatic rings. The summed E-state index contributed by atoms with van der Waals surface area (Å²) in [5.41, 5.74) is 8.66. The van der Waals surface area contributed by atoms with E-state index >= 15 is 0 Å². The molecule has 3 heteroatoms. The molecule has 0 saturated carbocycles. The predicted octanol–water partition coefficient (Wildman–Crippen LogP) is 5.49. The van der Waals surface area contributed by atoms with Gasteiger partial charge in [0.15, 0.2) is 0 Å². The average molecular weight is 452 g/mol. The molecule has 0 heterocycles. The number of benzene rings is 3. The van der Waals surface area contributed by atoms with Crippen molar-refractivity contribution in [2.75, 3.05) is 20.2 Å². The SMILES string of the molecule is C=C(C)C(=O)OCCCC12Cc3ccccc3C(CNC)(Cc3ccccc31)c1ccccc12. The minimum Gasteiger partial charge on any atom is -0.462 e. The summed E-state index contributed by atoms with van der Waals surface area (Å²) in [7, 11) is 2.06. The Balaban J connectivity index is 1.71. The van der Waals surface area contributed by atoms with E-state index in [9.17, 15) is 4.79 Å². The number of nitrogens with one attached hydrogen (secondary N) is 1. The molecule has 2 aliphatic carbocycles. The Morgan fingerprint density at radius 2 is 1.35 bits per heavy atom. The number of carbonyl (C=O) groups excluding carboxylic acids is 1. The van der Waals surface area contributed by atoms with E-state index in [0.29, 0.717) is 12.2 Å². The maximum Gasteiger partial charge on any atom is 0.333 e. The summed E-state index contributed by atoms with van der Waals surface area (Å²) in [6, 6.07) is 27.1. The van der Waals surface area contributed by atoms with Crippen molar-refractivity contribution in [3.8, 4) is 0 Å². The first-order valence-electron chi connectivity index (χ1n) is 12.3. The quantitative estimate of drug-likeness (QED) is 0.293. The number of hydrogen-bond acceptors (Lipinski definition) is 3. The highest BCUT2D eigenvalue weighted by molar-refractivity contribution is 5.86. The minimum atomic E-state index is -0.307. The predicted molar refractivity (Wildman–Crippen MR) is 137 cm³/mol. The first kappa shape index (κ1) is 22.6. The summed E-state index contributed by atoms with van der Waals surface area (Å²) in [6.07, 6.45) is 3.61. The van der Waals surface area contributed by atoms with Crippen molar-refractivity contribution in [3.05, 3.63) is 118 Å². The highest BCUT2D eigenvalue weighted by Crippen LogP contribution is 2.55. The number of hydrogen-bond donors (Lipinski definition) is 1. The normalized spacial score (nSPS) is 22.1. The van der Waals surface area contributed by atoms with E-state index in [4.69, 9.17) is 4.74 Å². The van der Waals surface area contributed by atoms with Crippen LogP contribution in [0.2, 0.25) is 0 Å². The van der Waals surface area contributed by atoms with Crippen molar-refractivity contribution in [2.45, 2.75) is 43.4 Å². The van der Waals surface area contributed by atoms with Crippen LogP contribution in [0.25, 0.3) is 0 Å². The number of likely N-dealkylation sites (N-methyl/N-ethyl adjacent to an activating group) is 1. The van der Waals surface area contributed by atoms with E-state index in [-0.39, 0.29) is 16.8 Å². The number of ether oxygens (including phenoxy) is 1. The number of esters is 1. The minimum absolute atomic E-state index is 0.136. The van der Waals surface area contributed by atoms with Gasteiger partial charge < -0.3 is 10.1 Å². The molecule has 34 heavy (non-hydrogen) atoms. The van der Waals surface area contributed by atoms with Crippen LogP contribution in [0, 0.1) is 0 Å². The van der Waals surface area contributed by atoms with E-state index in [1.54, 1.807) is 6.92 Å². The third-order valence-corrected chi connectivity index (χ3v) is 7.82. The van der Waals surface area contributed by atoms with Crippen molar-refractivity contribution < 1.29 is 9.53 Å². The molecule has 0 fully saturated rings. The summed E-state index contributed by atoms with van der Waals surface area (Å²) in [4.78, 5) is 12.0. The van der Waals surface area contributed by atoms with Crippen LogP contribution in [0.4, 0.5) is 0 Å². The fraction of sp³-hybridized carbons (Fsp3) is 0.323. The molecule has 1 N–H and O–H groups in total. The van der Waals surface area contributed by atoms with Crippen LogP contribution in [0.5, 0.6) is 0 Å². The number of fused-ring (bicyclic) bond motifs is 4. The van der Waals surface area contributed by atoms with Crippen LogP contribution in [0.1, 0.15) is 53.1 Å². The zero-order chi connectivity index (χ0) is 23.8. The molecule has 2 bridgehead atoms. The Kier molecular flexibility index (Phi) is 5.91. The van der Waals surface area contributed by atoms with E-state index in [1.165, 1.54) is 33.4 Å². The Hall–Kier alpha value is -3.17. The van der Waals surface area contributed by atoms with Gasteiger partial charge in [-0.2, -0.15) is 0 Å². The van der Waals surface area contributed by atoms with Gasteiger partial charge in [-0.25, -0.2) is 4.79 Å². The topological polar surface area (TPSA) is 38.3 Å². The Morgan fingerprint density at radius 1 is 0.853 bits per heavy atom. The summed E-state index contributed by atoms with van der Waals surface area (Å²) in [5.74, 6) is -0.307. The molecule has 0 saturated heterocycles. The molecular formula is C31H33NO2. The standard InChI is InChI=1S/C31H33NO2/c1-22(2)29(33)34-18-10-17-30-19-23-11-5-7-14-26(23)31(21-32-3,28-16-9-8-15-27(28)30)20-24-12-4-6-13-25(24)30/h4-9,11-16,32H,1,10,17-21H2,2-3H3. The second-order valence-corrected chi connectivity index (χ2v) is 9.93. The van der Waals surface area contributed by atoms with Crippen LogP contribution >= 0.6 is 0 Å². The third kappa shape index (κ3) is 3.50. The molecule has 2 unspecified atom stereocenters. The molecule has 0 aliphatic heterocycles. The molecule has 0 amide bonds. The third-order valence-electron chi connectivity index (χ3n) is 7.82. The molecule has 2 aliphatic rings. The maximum atomic E-state index is 12.0. The van der Waals surface area contributed by atoms with Crippen LogP contribution in [0.15, 0.2) is 84.9 Å². The van der Waals surface area contributed by atoms with Crippen LogP contribution in [0.3, 0.4) is 0 Å². The van der Waals surface area contributed by atoms with Crippen molar-refractivity contribution in [2.24, 2.45) is 0 Å². The van der Waals surface area contributed by atoms with Gasteiger partial charge in [0.25, 0.3) is 0 Å². The first-order valence-corrected chi connectivity index (χ1v) is 12.3. The fourth-order valence-corrected chi connectivity index (χ4v) is 6.50. The molecule has 3 aromatic carbocycles. The smallest absolute Gasteiger partial charge is 0.333 e. The number of carbonyl (C=O) groups is 1. The van der Waals surface area contributed by atoms with E-state index in [2.05, 4.69) is 91.7 Å². The molecule has 0 aromatic heterocycles. The van der Waals surface area contributed by atoms with Crippen molar-refractivity contribution in [3.63, 3.8) is 0 Å². The van der Waals surface area contributed by atoms with Gasteiger partial charge in [0.05, 0.1) is 6.61 Å². The van der Waals surface area contributed by atoms with Crippen LogP contribution in [-0.4, -0.2) is 26.2 Å². The maximum absolute atomic E-state index is 12.0. The van der Waals surface area contributed by atoms with Crippen molar-refractivity contribution >= 4 is 5.97 Å². The van der Waals surface area contributed by atoms with Crippen LogP contribution < -0.4 is 5.32 Å². The van der Waals surface area contributed by atoms with Crippen molar-refractivity contribution in [1.82, 2.24) is 5.32 Å². The van der Waals surface area contributed by atoms with Crippen LogP contribution in [-0.2, 0) is 33.2 Å². The number of rotatable bonds is 7. The zero-order valence-corrected chi connectivity index (χ0v) is 20.2. The fourth-order valence-electron chi connectivity index (χ4n) is 6.50. The summed E-state index contributed by atoms with van der Waals surface area (Å²) >= 11 is 0. The molecule has 0 spiro atoms. The largest absolute Gasteiger partial charge is 0.462 e. The molecule has 0 radical (unpaired) electrons. The van der Waals surface area contributed by atoms with Gasteiger partial charge in [-0.05, 0) is 73.0 Å². The molecule has 174 valence electrons. The summed E-state index contributed by atoms with van der Waals surface area (Å²) < 4.78 is 5.51. The van der Waals surface area contributed by atoms with Gasteiger partial charge in [0.1, 0.15) is 0 Å². The lowest BCUT2D eigenvalue weighted by Gasteiger charge is -2.38. The van der Waals surface area contributed by atoms with Gasteiger partial charge in [-0.1, -0.05) is 79.4 Å². The highest BCUT2D eigenvalue weighted by atomic mass is 16.5. The summed E-state index contributed by atoms with van der Waals surface area (Å²) in [5, 5.41) is 3.54. The zero-order valence-electron chi connectivity index (χ0n) is 20.2. The first-order chi connectivity index (χ1) is 16.5. The Morgan fingerprint density at radius 3 is 1.94 bits per heavy atom. The second-order valence-electron chi connectivity index (χ2n) is 9.93. The van der Waals surface area contributed by atoms with Gasteiger partial charge in [0, 0.05) is 22.9 Å². The molecule has 3 nitrogen and oxygen atoms in total. The lowest BCUT2D eigenvalue weighted by molar-refractivity contribution is -0.139.